The first-order valence-corrected chi connectivity index (χ1v) is 7.63. The molecule has 116 valence electrons. The Labute approximate surface area is 128 Å². The van der Waals surface area contributed by atoms with Crippen molar-refractivity contribution >= 4 is 17.3 Å². The van der Waals surface area contributed by atoms with Crippen molar-refractivity contribution in [1.29, 1.82) is 0 Å². The van der Waals surface area contributed by atoms with Crippen LogP contribution in [-0.2, 0) is 0 Å². The highest BCUT2D eigenvalue weighted by atomic mass is 16.6. The van der Waals surface area contributed by atoms with E-state index in [-0.39, 0.29) is 11.6 Å². The molecule has 1 amide bonds. The number of nitro benzene ring substituents is 1. The minimum atomic E-state index is -0.487. The molecule has 2 aliphatic carbocycles. The molecular weight excluding hydrogens is 282 g/mol. The van der Waals surface area contributed by atoms with Crippen LogP contribution >= 0.6 is 0 Å². The number of fused-ring (bicyclic) bond motifs is 2. The lowest BCUT2D eigenvalue weighted by Gasteiger charge is -2.21. The highest BCUT2D eigenvalue weighted by Gasteiger charge is 2.40. The number of carbonyl (C=O) groups excluding carboxylic acids is 1. The summed E-state index contributed by atoms with van der Waals surface area (Å²) in [6.45, 7) is 1.97. The van der Waals surface area contributed by atoms with Crippen molar-refractivity contribution in [3.63, 3.8) is 0 Å². The van der Waals surface area contributed by atoms with Gasteiger partial charge in [0, 0.05) is 29.3 Å². The van der Waals surface area contributed by atoms with E-state index >= 15 is 0 Å². The van der Waals surface area contributed by atoms with Gasteiger partial charge in [0.1, 0.15) is 0 Å². The van der Waals surface area contributed by atoms with Gasteiger partial charge in [-0.05, 0) is 50.2 Å². The molecule has 1 aromatic carbocycles. The third-order valence-electron chi connectivity index (χ3n) is 4.95. The van der Waals surface area contributed by atoms with Gasteiger partial charge in [0.05, 0.1) is 4.92 Å². The maximum atomic E-state index is 12.0. The van der Waals surface area contributed by atoms with Gasteiger partial charge in [-0.2, -0.15) is 5.10 Å². The van der Waals surface area contributed by atoms with Gasteiger partial charge in [0.2, 0.25) is 0 Å². The normalized spacial score (nSPS) is 27.0. The molecular formula is C16H19N3O3. The molecule has 0 heterocycles. The third-order valence-corrected chi connectivity index (χ3v) is 4.95. The molecule has 2 bridgehead atoms. The van der Waals surface area contributed by atoms with Crippen molar-refractivity contribution < 1.29 is 9.72 Å². The maximum Gasteiger partial charge on any atom is 0.271 e. The Hall–Kier alpha value is -2.24. The summed E-state index contributed by atoms with van der Waals surface area (Å²) in [5.41, 5.74) is 3.89. The van der Waals surface area contributed by atoms with E-state index in [1.165, 1.54) is 49.9 Å². The smallest absolute Gasteiger partial charge is 0.267 e. The molecule has 3 atom stereocenters. The number of carbonyl (C=O) groups is 1. The van der Waals surface area contributed by atoms with Crippen molar-refractivity contribution in [3.8, 4) is 0 Å². The molecule has 3 rings (SSSR count). The number of nitro groups is 1. The molecule has 0 saturated heterocycles. The highest BCUT2D eigenvalue weighted by Crippen LogP contribution is 2.48. The Balaban J connectivity index is 1.61. The van der Waals surface area contributed by atoms with Gasteiger partial charge in [-0.25, -0.2) is 5.43 Å². The topological polar surface area (TPSA) is 84.6 Å². The van der Waals surface area contributed by atoms with Crippen LogP contribution in [0.4, 0.5) is 5.69 Å². The Morgan fingerprint density at radius 2 is 2.00 bits per heavy atom. The molecule has 0 aromatic heterocycles. The zero-order valence-corrected chi connectivity index (χ0v) is 12.5. The average Bonchev–Trinajstić information content (AvgIpc) is 3.15. The molecule has 0 spiro atoms. The molecule has 6 heteroatoms. The van der Waals surface area contributed by atoms with Crippen LogP contribution in [0.3, 0.4) is 0 Å². The molecule has 1 N–H and O–H groups in total. The van der Waals surface area contributed by atoms with Crippen molar-refractivity contribution in [2.24, 2.45) is 22.9 Å². The lowest BCUT2D eigenvalue weighted by molar-refractivity contribution is -0.384. The molecule has 2 saturated carbocycles. The number of non-ortho nitro benzene ring substituents is 1. The van der Waals surface area contributed by atoms with E-state index < -0.39 is 4.92 Å². The quantitative estimate of drug-likeness (QED) is 0.526. The molecule has 0 radical (unpaired) electrons. The van der Waals surface area contributed by atoms with Crippen molar-refractivity contribution in [2.75, 3.05) is 0 Å². The van der Waals surface area contributed by atoms with E-state index in [2.05, 4.69) is 10.5 Å². The first-order valence-electron chi connectivity index (χ1n) is 7.63. The fourth-order valence-corrected chi connectivity index (χ4v) is 3.78. The average molecular weight is 301 g/mol. The zero-order valence-electron chi connectivity index (χ0n) is 12.5. The van der Waals surface area contributed by atoms with Gasteiger partial charge in [-0.3, -0.25) is 14.9 Å². The first-order chi connectivity index (χ1) is 10.5. The van der Waals surface area contributed by atoms with Gasteiger partial charge in [-0.1, -0.05) is 6.42 Å². The number of hydrogen-bond donors (Lipinski definition) is 1. The van der Waals surface area contributed by atoms with Gasteiger partial charge >= 0.3 is 0 Å². The van der Waals surface area contributed by atoms with E-state index in [1.54, 1.807) is 0 Å². The number of nitrogens with one attached hydrogen (secondary N) is 1. The van der Waals surface area contributed by atoms with Crippen LogP contribution in [0.15, 0.2) is 29.4 Å². The van der Waals surface area contributed by atoms with Crippen molar-refractivity contribution in [1.82, 2.24) is 5.43 Å². The summed E-state index contributed by atoms with van der Waals surface area (Å²) >= 11 is 0. The fourth-order valence-electron chi connectivity index (χ4n) is 3.78. The standard InChI is InChI=1S/C16H19N3O3/c1-10(15-9-11-2-3-13(15)8-11)17-18-16(20)12-4-6-14(7-5-12)19(21)22/h4-7,11,13,15H,2-3,8-9H2,1H3,(H,18,20)/b17-10-/t11-,13-,15-/m0/s1. The number of rotatable bonds is 4. The molecule has 2 aliphatic rings. The van der Waals surface area contributed by atoms with Crippen LogP contribution in [0.2, 0.25) is 0 Å². The Morgan fingerprint density at radius 1 is 1.27 bits per heavy atom. The summed E-state index contributed by atoms with van der Waals surface area (Å²) in [6.07, 6.45) is 5.10. The SMILES string of the molecule is C/C(=N/NC(=O)c1ccc([N+](=O)[O-])cc1)[C@@H]1C[C@H]2CC[C@H]1C2. The van der Waals surface area contributed by atoms with E-state index in [4.69, 9.17) is 0 Å². The predicted molar refractivity (Wildman–Crippen MR) is 82.6 cm³/mol. The number of nitrogens with zero attached hydrogens (tertiary/aromatic N) is 2. The van der Waals surface area contributed by atoms with Gasteiger partial charge in [-0.15, -0.1) is 0 Å². The van der Waals surface area contributed by atoms with Crippen molar-refractivity contribution in [2.45, 2.75) is 32.6 Å². The molecule has 1 aromatic rings. The van der Waals surface area contributed by atoms with Gasteiger partial charge < -0.3 is 0 Å². The number of amides is 1. The molecule has 2 fully saturated rings. The minimum absolute atomic E-state index is 0.0294. The molecule has 6 nitrogen and oxygen atoms in total. The molecule has 0 aliphatic heterocycles. The second-order valence-corrected chi connectivity index (χ2v) is 6.28. The summed E-state index contributed by atoms with van der Waals surface area (Å²) in [5, 5.41) is 14.8. The monoisotopic (exact) mass is 301 g/mol. The van der Waals surface area contributed by atoms with Crippen molar-refractivity contribution in [3.05, 3.63) is 39.9 Å². The minimum Gasteiger partial charge on any atom is -0.267 e. The Kier molecular flexibility index (Phi) is 3.92. The summed E-state index contributed by atoms with van der Waals surface area (Å²) in [4.78, 5) is 22.1. The Morgan fingerprint density at radius 3 is 2.55 bits per heavy atom. The first kappa shape index (κ1) is 14.7. The number of hydrogen-bond acceptors (Lipinski definition) is 4. The van der Waals surface area contributed by atoms with Crippen LogP contribution in [0.1, 0.15) is 43.0 Å². The van der Waals surface area contributed by atoms with E-state index in [9.17, 15) is 14.9 Å². The summed E-state index contributed by atoms with van der Waals surface area (Å²) < 4.78 is 0. The lowest BCUT2D eigenvalue weighted by atomic mass is 9.86. The Bertz CT molecular complexity index is 624. The van der Waals surface area contributed by atoms with Crippen LogP contribution in [-0.4, -0.2) is 16.5 Å². The van der Waals surface area contributed by atoms with E-state index in [0.717, 1.165) is 17.5 Å². The molecule has 0 unspecified atom stereocenters. The second kappa shape index (κ2) is 5.87. The number of hydrazone groups is 1. The van der Waals surface area contributed by atoms with Gasteiger partial charge in [0.25, 0.3) is 11.6 Å². The molecule has 22 heavy (non-hydrogen) atoms. The van der Waals surface area contributed by atoms with Crippen LogP contribution < -0.4 is 5.43 Å². The summed E-state index contributed by atoms with van der Waals surface area (Å²) in [6, 6.07) is 5.52. The van der Waals surface area contributed by atoms with Crippen LogP contribution in [0.5, 0.6) is 0 Å². The summed E-state index contributed by atoms with van der Waals surface area (Å²) in [7, 11) is 0. The number of benzene rings is 1. The van der Waals surface area contributed by atoms with Crippen LogP contribution in [0.25, 0.3) is 0 Å². The van der Waals surface area contributed by atoms with E-state index in [0.29, 0.717) is 11.5 Å². The van der Waals surface area contributed by atoms with Crippen LogP contribution in [0, 0.1) is 27.9 Å². The third kappa shape index (κ3) is 2.86. The van der Waals surface area contributed by atoms with Gasteiger partial charge in [0.15, 0.2) is 0 Å². The second-order valence-electron chi connectivity index (χ2n) is 6.28. The van der Waals surface area contributed by atoms with E-state index in [1.807, 2.05) is 6.92 Å². The zero-order chi connectivity index (χ0) is 15.7. The lowest BCUT2D eigenvalue weighted by Crippen LogP contribution is -2.24. The summed E-state index contributed by atoms with van der Waals surface area (Å²) in [5.74, 6) is 1.73. The predicted octanol–water partition coefficient (Wildman–Crippen LogP) is 3.14. The largest absolute Gasteiger partial charge is 0.271 e. The fraction of sp³-hybridized carbons (Fsp3) is 0.500. The highest BCUT2D eigenvalue weighted by molar-refractivity contribution is 5.95. The maximum absolute atomic E-state index is 12.0.